The average Bonchev–Trinajstić information content (AvgIpc) is 3.13. The van der Waals surface area contributed by atoms with Crippen molar-refractivity contribution in [3.63, 3.8) is 0 Å². The fourth-order valence-electron chi connectivity index (χ4n) is 4.62. The fourth-order valence-corrected chi connectivity index (χ4v) is 4.89. The first-order valence-corrected chi connectivity index (χ1v) is 16.9. The Morgan fingerprint density at radius 3 is 1.92 bits per heavy atom. The Hall–Kier alpha value is -5.37. The summed E-state index contributed by atoms with van der Waals surface area (Å²) in [5.74, 6) is 0.938. The van der Waals surface area contributed by atoms with Crippen molar-refractivity contribution < 1.29 is 24.2 Å². The second-order valence-corrected chi connectivity index (χ2v) is 11.9. The second kappa shape index (κ2) is 19.0. The zero-order valence-electron chi connectivity index (χ0n) is 27.3. The first kappa shape index (κ1) is 35.9. The van der Waals surface area contributed by atoms with Crippen molar-refractivity contribution in [2.45, 2.75) is 19.4 Å². The molecule has 1 amide bonds. The minimum atomic E-state index is -0.185. The molecule has 1 heterocycles. The molecule has 5 N–H and O–H groups in total. The zero-order chi connectivity index (χ0) is 35.0. The summed E-state index contributed by atoms with van der Waals surface area (Å²) in [6.07, 6.45) is 1.09. The number of phenols is 1. The summed E-state index contributed by atoms with van der Waals surface area (Å²) in [5.41, 5.74) is 3.59. The van der Waals surface area contributed by atoms with E-state index in [1.165, 1.54) is 0 Å². The minimum Gasteiger partial charge on any atom is -0.508 e. The van der Waals surface area contributed by atoms with Crippen LogP contribution in [0.5, 0.6) is 5.75 Å². The number of hydrogen-bond acceptors (Lipinski definition) is 11. The summed E-state index contributed by atoms with van der Waals surface area (Å²) in [4.78, 5) is 38.3. The highest BCUT2D eigenvalue weighted by molar-refractivity contribution is 9.10. The highest BCUT2D eigenvalue weighted by Gasteiger charge is 2.10. The predicted octanol–water partition coefficient (Wildman–Crippen LogP) is 6.87. The van der Waals surface area contributed by atoms with Crippen LogP contribution in [-0.4, -0.2) is 64.7 Å². The summed E-state index contributed by atoms with van der Waals surface area (Å²) in [5, 5.41) is 22.0. The van der Waals surface area contributed by atoms with Crippen LogP contribution in [0.15, 0.2) is 108 Å². The summed E-state index contributed by atoms with van der Waals surface area (Å²) in [6, 6.07) is 30.5. The van der Waals surface area contributed by atoms with E-state index in [4.69, 9.17) is 9.47 Å². The maximum atomic E-state index is 12.7. The number of aromatic nitrogens is 3. The van der Waals surface area contributed by atoms with E-state index in [9.17, 15) is 14.7 Å². The lowest BCUT2D eigenvalue weighted by Gasteiger charge is -2.12. The van der Waals surface area contributed by atoms with Crippen LogP contribution in [0.1, 0.15) is 39.1 Å². The number of benzene rings is 4. The molecular formula is C37H38BrN7O5. The number of rotatable bonds is 19. The average molecular weight is 741 g/mol. The van der Waals surface area contributed by atoms with Gasteiger partial charge in [0.05, 0.1) is 19.8 Å². The van der Waals surface area contributed by atoms with Crippen LogP contribution in [0.25, 0.3) is 0 Å². The number of carbonyl (C=O) groups is 2. The number of phenolic OH excluding ortho intramolecular Hbond substituents is 1. The quantitative estimate of drug-likeness (QED) is 0.0342. The van der Waals surface area contributed by atoms with Gasteiger partial charge in [-0.2, -0.15) is 15.0 Å². The third-order valence-electron chi connectivity index (χ3n) is 7.22. The topological polar surface area (TPSA) is 160 Å². The molecule has 0 saturated heterocycles. The van der Waals surface area contributed by atoms with Gasteiger partial charge < -0.3 is 35.8 Å². The monoisotopic (exact) mass is 739 g/mol. The van der Waals surface area contributed by atoms with Gasteiger partial charge in [0, 0.05) is 53.1 Å². The lowest BCUT2D eigenvalue weighted by atomic mass is 10.1. The van der Waals surface area contributed by atoms with Crippen LogP contribution in [0, 0.1) is 0 Å². The molecule has 0 spiro atoms. The Morgan fingerprint density at radius 2 is 1.26 bits per heavy atom. The maximum Gasteiger partial charge on any atom is 0.251 e. The Labute approximate surface area is 298 Å². The van der Waals surface area contributed by atoms with Gasteiger partial charge in [-0.1, -0.05) is 58.4 Å². The number of ketones is 1. The molecule has 0 bridgehead atoms. The molecule has 5 aromatic rings. The molecule has 258 valence electrons. The van der Waals surface area contributed by atoms with Crippen LogP contribution < -0.4 is 21.3 Å². The van der Waals surface area contributed by atoms with E-state index in [2.05, 4.69) is 52.1 Å². The first-order chi connectivity index (χ1) is 24.4. The number of amides is 1. The van der Waals surface area contributed by atoms with Gasteiger partial charge in [-0.05, 0) is 72.6 Å². The highest BCUT2D eigenvalue weighted by atomic mass is 79.9. The molecule has 0 aliphatic rings. The molecule has 13 heteroatoms. The van der Waals surface area contributed by atoms with Gasteiger partial charge in [-0.15, -0.1) is 0 Å². The molecule has 0 unspecified atom stereocenters. The second-order valence-electron chi connectivity index (χ2n) is 11.0. The Morgan fingerprint density at radius 1 is 0.660 bits per heavy atom. The minimum absolute atomic E-state index is 0.112. The first-order valence-electron chi connectivity index (χ1n) is 16.1. The highest BCUT2D eigenvalue weighted by Crippen LogP contribution is 2.21. The lowest BCUT2D eigenvalue weighted by Crippen LogP contribution is -2.22. The van der Waals surface area contributed by atoms with E-state index >= 15 is 0 Å². The molecule has 4 aromatic carbocycles. The van der Waals surface area contributed by atoms with Crippen molar-refractivity contribution in [2.24, 2.45) is 0 Å². The summed E-state index contributed by atoms with van der Waals surface area (Å²) >= 11 is 3.42. The van der Waals surface area contributed by atoms with Gasteiger partial charge in [0.2, 0.25) is 17.8 Å². The molecular weight excluding hydrogens is 702 g/mol. The number of anilines is 5. The lowest BCUT2D eigenvalue weighted by molar-refractivity contribution is 0.0497. The molecule has 50 heavy (non-hydrogen) atoms. The molecule has 5 rings (SSSR count). The van der Waals surface area contributed by atoms with Gasteiger partial charge >= 0.3 is 0 Å². The van der Waals surface area contributed by atoms with E-state index < -0.39 is 0 Å². The van der Waals surface area contributed by atoms with E-state index in [1.807, 2.05) is 54.6 Å². The third kappa shape index (κ3) is 11.9. The van der Waals surface area contributed by atoms with Crippen molar-refractivity contribution in [2.75, 3.05) is 48.9 Å². The van der Waals surface area contributed by atoms with Gasteiger partial charge in [0.15, 0.2) is 5.78 Å². The molecule has 0 radical (unpaired) electrons. The molecule has 0 aliphatic carbocycles. The standard InChI is InChI=1S/C37H38BrN7O5/c38-29-12-8-26(9-13-29)25-40-34(48)28-10-14-30(15-11-28)41-36-43-35(44-37(45-36)42-31-16-18-32(46)19-17-31)39-20-22-50-24-23-49-21-4-7-33(47)27-5-2-1-3-6-27/h1-3,5-6,8-19,46H,4,7,20-25H2,(H,40,48)(H3,39,41,42,43,44,45). The molecule has 0 atom stereocenters. The fraction of sp³-hybridized carbons (Fsp3) is 0.216. The predicted molar refractivity (Wildman–Crippen MR) is 196 cm³/mol. The van der Waals surface area contributed by atoms with E-state index in [1.54, 1.807) is 48.5 Å². The van der Waals surface area contributed by atoms with Gasteiger partial charge in [0.25, 0.3) is 5.91 Å². The van der Waals surface area contributed by atoms with Crippen molar-refractivity contribution in [1.29, 1.82) is 0 Å². The Kier molecular flexibility index (Phi) is 13.6. The molecule has 0 aliphatic heterocycles. The largest absolute Gasteiger partial charge is 0.508 e. The zero-order valence-corrected chi connectivity index (χ0v) is 28.9. The number of Topliss-reactive ketones (excluding diaryl/α,β-unsaturated/α-hetero) is 1. The van der Waals surface area contributed by atoms with Crippen LogP contribution in [-0.2, 0) is 16.0 Å². The number of hydrogen-bond donors (Lipinski definition) is 5. The molecule has 1 aromatic heterocycles. The summed E-state index contributed by atoms with van der Waals surface area (Å²) < 4.78 is 12.3. The van der Waals surface area contributed by atoms with Crippen molar-refractivity contribution in [3.05, 3.63) is 124 Å². The van der Waals surface area contributed by atoms with Gasteiger partial charge in [-0.3, -0.25) is 9.59 Å². The number of ether oxygens (including phenoxy) is 2. The van der Waals surface area contributed by atoms with Gasteiger partial charge in [-0.25, -0.2) is 0 Å². The molecule has 12 nitrogen and oxygen atoms in total. The number of halogens is 1. The van der Waals surface area contributed by atoms with Crippen LogP contribution in [0.4, 0.5) is 29.2 Å². The maximum absolute atomic E-state index is 12.7. The van der Waals surface area contributed by atoms with Crippen LogP contribution in [0.3, 0.4) is 0 Å². The third-order valence-corrected chi connectivity index (χ3v) is 7.75. The molecule has 0 saturated carbocycles. The van der Waals surface area contributed by atoms with Crippen molar-refractivity contribution in [3.8, 4) is 5.75 Å². The van der Waals surface area contributed by atoms with Crippen LogP contribution >= 0.6 is 15.9 Å². The Balaban J connectivity index is 1.09. The van der Waals surface area contributed by atoms with E-state index in [0.29, 0.717) is 75.2 Å². The van der Waals surface area contributed by atoms with Crippen molar-refractivity contribution in [1.82, 2.24) is 20.3 Å². The van der Waals surface area contributed by atoms with Gasteiger partial charge in [0.1, 0.15) is 5.75 Å². The number of nitrogens with zero attached hydrogens (tertiary/aromatic N) is 3. The van der Waals surface area contributed by atoms with Crippen molar-refractivity contribution >= 4 is 56.8 Å². The number of carbonyl (C=O) groups excluding carboxylic acids is 2. The van der Waals surface area contributed by atoms with Crippen LogP contribution in [0.2, 0.25) is 0 Å². The number of nitrogens with one attached hydrogen (secondary N) is 4. The smallest absolute Gasteiger partial charge is 0.251 e. The van der Waals surface area contributed by atoms with E-state index in [0.717, 1.165) is 15.6 Å². The van der Waals surface area contributed by atoms with E-state index in [-0.39, 0.29) is 29.3 Å². The molecule has 0 fully saturated rings. The Bertz CT molecular complexity index is 1810. The summed E-state index contributed by atoms with van der Waals surface area (Å²) in [7, 11) is 0. The number of aromatic hydroxyl groups is 1. The normalized spacial score (nSPS) is 10.7. The SMILES string of the molecule is O=C(CCCOCCOCCNc1nc(Nc2ccc(O)cc2)nc(Nc2ccc(C(=O)NCc3ccc(Br)cc3)cc2)n1)c1ccccc1. The summed E-state index contributed by atoms with van der Waals surface area (Å²) in [6.45, 7) is 2.55.